The normalized spacial score (nSPS) is 12.2. The third kappa shape index (κ3) is 3.51. The van der Waals surface area contributed by atoms with Crippen molar-refractivity contribution in [2.24, 2.45) is 0 Å². The van der Waals surface area contributed by atoms with Crippen LogP contribution >= 0.6 is 11.6 Å². The van der Waals surface area contributed by atoms with Gasteiger partial charge in [0.1, 0.15) is 18.5 Å². The summed E-state index contributed by atoms with van der Waals surface area (Å²) in [6.07, 6.45) is -0.720. The van der Waals surface area contributed by atoms with Gasteiger partial charge in [0.25, 0.3) is 0 Å². The van der Waals surface area contributed by atoms with Gasteiger partial charge in [0.2, 0.25) is 0 Å². The molecule has 0 saturated heterocycles. The lowest BCUT2D eigenvalue weighted by Crippen LogP contribution is -2.19. The third-order valence-corrected chi connectivity index (χ3v) is 2.48. The highest BCUT2D eigenvalue weighted by Gasteiger charge is 2.10. The van der Waals surface area contributed by atoms with Gasteiger partial charge in [0.15, 0.2) is 5.78 Å². The molecule has 0 saturated carbocycles. The van der Waals surface area contributed by atoms with E-state index in [0.29, 0.717) is 11.3 Å². The van der Waals surface area contributed by atoms with Crippen molar-refractivity contribution < 1.29 is 14.6 Å². The van der Waals surface area contributed by atoms with Gasteiger partial charge in [-0.25, -0.2) is 0 Å². The summed E-state index contributed by atoms with van der Waals surface area (Å²) < 4.78 is 5.35. The number of ether oxygens (including phenoxy) is 1. The largest absolute Gasteiger partial charge is 0.490 e. The van der Waals surface area contributed by atoms with Crippen LogP contribution < -0.4 is 4.74 Å². The Labute approximate surface area is 100.0 Å². The van der Waals surface area contributed by atoms with Crippen LogP contribution in [0.4, 0.5) is 0 Å². The van der Waals surface area contributed by atoms with E-state index >= 15 is 0 Å². The molecule has 0 aliphatic rings. The number of aryl methyl sites for hydroxylation is 1. The van der Waals surface area contributed by atoms with E-state index in [4.69, 9.17) is 16.3 Å². The molecule has 1 rings (SSSR count). The van der Waals surface area contributed by atoms with E-state index in [0.717, 1.165) is 5.56 Å². The van der Waals surface area contributed by atoms with Crippen molar-refractivity contribution in [3.05, 3.63) is 29.3 Å². The van der Waals surface area contributed by atoms with Gasteiger partial charge in [-0.3, -0.25) is 4.79 Å². The second-order valence-electron chi connectivity index (χ2n) is 3.67. The van der Waals surface area contributed by atoms with E-state index in [1.807, 2.05) is 13.0 Å². The summed E-state index contributed by atoms with van der Waals surface area (Å²) in [6.45, 7) is 3.48. The number of hydrogen-bond donors (Lipinski definition) is 1. The van der Waals surface area contributed by atoms with Gasteiger partial charge in [-0.05, 0) is 26.0 Å². The zero-order valence-electron chi connectivity index (χ0n) is 9.37. The fourth-order valence-electron chi connectivity index (χ4n) is 1.28. The molecule has 1 aromatic rings. The molecule has 1 aromatic carbocycles. The van der Waals surface area contributed by atoms with Crippen molar-refractivity contribution in [1.29, 1.82) is 0 Å². The van der Waals surface area contributed by atoms with Crippen molar-refractivity contribution in [3.63, 3.8) is 0 Å². The smallest absolute Gasteiger partial charge is 0.163 e. The maximum Gasteiger partial charge on any atom is 0.163 e. The van der Waals surface area contributed by atoms with Gasteiger partial charge in [-0.15, -0.1) is 11.6 Å². The molecule has 1 atom stereocenters. The minimum absolute atomic E-state index is 0.0564. The first-order valence-corrected chi connectivity index (χ1v) is 5.56. The number of rotatable bonds is 5. The van der Waals surface area contributed by atoms with Crippen LogP contribution in [0.1, 0.15) is 22.8 Å². The van der Waals surface area contributed by atoms with E-state index < -0.39 is 6.10 Å². The van der Waals surface area contributed by atoms with Gasteiger partial charge in [-0.1, -0.05) is 11.6 Å². The molecule has 0 aliphatic carbocycles. The average Bonchev–Trinajstić information content (AvgIpc) is 2.26. The predicted molar refractivity (Wildman–Crippen MR) is 63.4 cm³/mol. The summed E-state index contributed by atoms with van der Waals surface area (Å²) in [5.41, 5.74) is 1.53. The fourth-order valence-corrected chi connectivity index (χ4v) is 1.36. The molecule has 0 heterocycles. The highest BCUT2D eigenvalue weighted by Crippen LogP contribution is 2.20. The van der Waals surface area contributed by atoms with E-state index in [1.165, 1.54) is 6.92 Å². The summed E-state index contributed by atoms with van der Waals surface area (Å²) in [6, 6.07) is 5.35. The van der Waals surface area contributed by atoms with Crippen LogP contribution in [0.5, 0.6) is 5.75 Å². The predicted octanol–water partition coefficient (Wildman–Crippen LogP) is 2.18. The second kappa shape index (κ2) is 5.87. The molecule has 0 spiro atoms. The first kappa shape index (κ1) is 13.0. The van der Waals surface area contributed by atoms with Crippen molar-refractivity contribution >= 4 is 17.4 Å². The minimum Gasteiger partial charge on any atom is -0.490 e. The third-order valence-electron chi connectivity index (χ3n) is 2.12. The lowest BCUT2D eigenvalue weighted by atomic mass is 10.1. The van der Waals surface area contributed by atoms with Crippen LogP contribution in [-0.2, 0) is 0 Å². The standard InChI is InChI=1S/C12H15ClO3/c1-8-3-4-12(11(5-8)9(2)14)16-7-10(15)6-13/h3-5,10,15H,6-7H2,1-2H3. The number of aliphatic hydroxyl groups excluding tert-OH is 1. The van der Waals surface area contributed by atoms with E-state index in [2.05, 4.69) is 0 Å². The van der Waals surface area contributed by atoms with Crippen LogP contribution in [0.2, 0.25) is 0 Å². The van der Waals surface area contributed by atoms with Gasteiger partial charge < -0.3 is 9.84 Å². The lowest BCUT2D eigenvalue weighted by Gasteiger charge is -2.12. The molecule has 88 valence electrons. The lowest BCUT2D eigenvalue weighted by molar-refractivity contribution is 0.0997. The van der Waals surface area contributed by atoms with Crippen LogP contribution in [0.15, 0.2) is 18.2 Å². The first-order valence-electron chi connectivity index (χ1n) is 5.03. The molecule has 4 heteroatoms. The molecule has 1 N–H and O–H groups in total. The Bertz CT molecular complexity index is 377. The topological polar surface area (TPSA) is 46.5 Å². The SMILES string of the molecule is CC(=O)c1cc(C)ccc1OCC(O)CCl. The Balaban J connectivity index is 2.82. The molecule has 0 aromatic heterocycles. The zero-order chi connectivity index (χ0) is 12.1. The fraction of sp³-hybridized carbons (Fsp3) is 0.417. The summed E-state index contributed by atoms with van der Waals surface area (Å²) in [7, 11) is 0. The molecule has 0 aliphatic heterocycles. The summed E-state index contributed by atoms with van der Waals surface area (Å²) in [5, 5.41) is 9.26. The van der Waals surface area contributed by atoms with Gasteiger partial charge >= 0.3 is 0 Å². The Morgan fingerprint density at radius 3 is 2.81 bits per heavy atom. The van der Waals surface area contributed by atoms with Gasteiger partial charge in [0, 0.05) is 0 Å². The van der Waals surface area contributed by atoms with Crippen molar-refractivity contribution in [1.82, 2.24) is 0 Å². The number of Topliss-reactive ketones (excluding diaryl/α,β-unsaturated/α-hetero) is 1. The molecule has 3 nitrogen and oxygen atoms in total. The number of halogens is 1. The molecule has 1 unspecified atom stereocenters. The minimum atomic E-state index is -0.720. The number of alkyl halides is 1. The van der Waals surface area contributed by atoms with Crippen LogP contribution in [0, 0.1) is 6.92 Å². The molecule has 0 radical (unpaired) electrons. The van der Waals surface area contributed by atoms with E-state index in [1.54, 1.807) is 12.1 Å². The summed E-state index contributed by atoms with van der Waals surface area (Å²) in [5.74, 6) is 0.544. The Morgan fingerprint density at radius 1 is 1.56 bits per heavy atom. The van der Waals surface area contributed by atoms with Gasteiger partial charge in [0.05, 0.1) is 11.4 Å². The number of ketones is 1. The van der Waals surface area contributed by atoms with Gasteiger partial charge in [-0.2, -0.15) is 0 Å². The zero-order valence-corrected chi connectivity index (χ0v) is 10.1. The van der Waals surface area contributed by atoms with Crippen molar-refractivity contribution in [2.45, 2.75) is 20.0 Å². The Hall–Kier alpha value is -1.06. The number of carbonyl (C=O) groups is 1. The van der Waals surface area contributed by atoms with E-state index in [9.17, 15) is 9.90 Å². The number of aliphatic hydroxyl groups is 1. The van der Waals surface area contributed by atoms with Crippen LogP contribution in [0.3, 0.4) is 0 Å². The number of hydrogen-bond acceptors (Lipinski definition) is 3. The first-order chi connectivity index (χ1) is 7.54. The Morgan fingerprint density at radius 2 is 2.25 bits per heavy atom. The summed E-state index contributed by atoms with van der Waals surface area (Å²) >= 11 is 5.45. The molecule has 0 fully saturated rings. The van der Waals surface area contributed by atoms with Crippen molar-refractivity contribution in [3.8, 4) is 5.75 Å². The quantitative estimate of drug-likeness (QED) is 0.636. The van der Waals surface area contributed by atoms with Crippen LogP contribution in [-0.4, -0.2) is 29.5 Å². The maximum absolute atomic E-state index is 11.4. The van der Waals surface area contributed by atoms with Crippen LogP contribution in [0.25, 0.3) is 0 Å². The molecule has 16 heavy (non-hydrogen) atoms. The number of carbonyl (C=O) groups excluding carboxylic acids is 1. The summed E-state index contributed by atoms with van der Waals surface area (Å²) in [4.78, 5) is 11.4. The van der Waals surface area contributed by atoms with Crippen molar-refractivity contribution in [2.75, 3.05) is 12.5 Å². The number of benzene rings is 1. The highest BCUT2D eigenvalue weighted by molar-refractivity contribution is 6.18. The molecule has 0 amide bonds. The maximum atomic E-state index is 11.4. The molecular formula is C12H15ClO3. The molecular weight excluding hydrogens is 228 g/mol. The highest BCUT2D eigenvalue weighted by atomic mass is 35.5. The monoisotopic (exact) mass is 242 g/mol. The Kier molecular flexibility index (Phi) is 4.77. The second-order valence-corrected chi connectivity index (χ2v) is 3.98. The molecule has 0 bridgehead atoms. The van der Waals surface area contributed by atoms with E-state index in [-0.39, 0.29) is 18.3 Å². The average molecular weight is 243 g/mol.